The van der Waals surface area contributed by atoms with Gasteiger partial charge in [0.15, 0.2) is 0 Å². The van der Waals surface area contributed by atoms with Crippen LogP contribution in [0, 0.1) is 72.8 Å². The van der Waals surface area contributed by atoms with Gasteiger partial charge >= 0.3 is 24.1 Å². The van der Waals surface area contributed by atoms with Gasteiger partial charge in [0.2, 0.25) is 0 Å². The number of hydrogen-bond acceptors (Lipinski definition) is 8. The molecule has 0 bridgehead atoms. The minimum Gasteiger partial charge on any atom is -0.481 e. The normalized spacial score (nSPS) is 22.2. The van der Waals surface area contributed by atoms with E-state index in [1.54, 1.807) is 46.2 Å². The van der Waals surface area contributed by atoms with Gasteiger partial charge in [0.05, 0.1) is 5.92 Å². The average Bonchev–Trinajstić information content (AvgIpc) is 3.70. The second-order valence-corrected chi connectivity index (χ2v) is 25.4. The van der Waals surface area contributed by atoms with Crippen LogP contribution in [0.3, 0.4) is 0 Å². The molecule has 8 rings (SSSR count). The maximum absolute atomic E-state index is 14.2. The Morgan fingerprint density at radius 3 is 1.45 bits per heavy atom. The van der Waals surface area contributed by atoms with Gasteiger partial charge in [-0.25, -0.2) is 18.4 Å². The van der Waals surface area contributed by atoms with Crippen LogP contribution in [-0.2, 0) is 32.3 Å². The highest BCUT2D eigenvalue weighted by molar-refractivity contribution is 5.70. The number of aliphatic carboxylic acids is 2. The lowest BCUT2D eigenvalue weighted by molar-refractivity contribution is -0.144. The van der Waals surface area contributed by atoms with E-state index in [9.17, 15) is 38.2 Å². The Kier molecular flexibility index (Phi) is 24.6. The number of carboxylic acid groups (broad SMARTS) is 2. The van der Waals surface area contributed by atoms with E-state index in [0.29, 0.717) is 43.2 Å². The fraction of sp³-hybridized carbons (Fsp3) is 0.543. The van der Waals surface area contributed by atoms with E-state index in [2.05, 4.69) is 36.8 Å². The molecule has 2 saturated heterocycles. The Balaban J connectivity index is 0.000000241. The molecule has 4 fully saturated rings. The zero-order valence-corrected chi connectivity index (χ0v) is 50.8. The van der Waals surface area contributed by atoms with Gasteiger partial charge in [0.25, 0.3) is 0 Å². The number of benzene rings is 4. The third-order valence-electron chi connectivity index (χ3n) is 18.7. The third-order valence-corrected chi connectivity index (χ3v) is 18.7. The summed E-state index contributed by atoms with van der Waals surface area (Å²) in [6.07, 6.45) is 10.8. The number of amides is 2. The van der Waals surface area contributed by atoms with Gasteiger partial charge in [-0.05, 0) is 171 Å². The summed E-state index contributed by atoms with van der Waals surface area (Å²) in [7, 11) is 0. The number of halogens is 2. The van der Waals surface area contributed by atoms with Crippen LogP contribution < -0.4 is 0 Å². The zero-order valence-electron chi connectivity index (χ0n) is 50.8. The molecule has 4 aromatic carbocycles. The minimum absolute atomic E-state index is 0.0790. The minimum atomic E-state index is -0.747. The lowest BCUT2D eigenvalue weighted by atomic mass is 9.79. The van der Waals surface area contributed by atoms with Crippen LogP contribution in [0.5, 0.6) is 0 Å². The third kappa shape index (κ3) is 18.8. The first-order valence-electron chi connectivity index (χ1n) is 30.9. The smallest absolute Gasteiger partial charge is 0.410 e. The van der Waals surface area contributed by atoms with Gasteiger partial charge in [0.1, 0.15) is 24.8 Å². The average molecular weight is 1160 g/mol. The first-order chi connectivity index (χ1) is 40.3. The number of piperidine rings is 2. The number of carbonyl (C=O) groups excluding carboxylic acids is 2. The molecule has 2 aliphatic heterocycles. The highest BCUT2D eigenvalue weighted by Gasteiger charge is 2.43. The van der Waals surface area contributed by atoms with Gasteiger partial charge < -0.3 is 39.3 Å². The quantitative estimate of drug-likeness (QED) is 0.0652. The SMILES string of the molecule is C=CCN(C(=O)OCc1ccc(C)cc1)C1CCN(C[C@H]2CC(C(CC(=O)O)C(C)C)C[C@@H]2c2cccc(F)c2)CC1.C=CCN(C(=O)OCc1ccc(C)cc1)C1CCN(C[C@H]2CC(CC(C(=O)O)C(C)C)C[C@@H]2c2cccc(F)c2)CC1. The van der Waals surface area contributed by atoms with E-state index < -0.39 is 11.9 Å². The second-order valence-electron chi connectivity index (χ2n) is 25.4. The van der Waals surface area contributed by atoms with Crippen LogP contribution in [0.4, 0.5) is 18.4 Å². The van der Waals surface area contributed by atoms with Crippen LogP contribution in [0.25, 0.3) is 0 Å². The first-order valence-corrected chi connectivity index (χ1v) is 30.9. The molecule has 8 atom stereocenters. The molecule has 0 spiro atoms. The number of ether oxygens (including phenoxy) is 2. The van der Waals surface area contributed by atoms with Gasteiger partial charge in [-0.1, -0.05) is 124 Å². The summed E-state index contributed by atoms with van der Waals surface area (Å²) in [4.78, 5) is 58.3. The molecule has 2 amide bonds. The highest BCUT2D eigenvalue weighted by Crippen LogP contribution is 2.50. The molecule has 2 saturated carbocycles. The van der Waals surface area contributed by atoms with Crippen molar-refractivity contribution in [2.45, 2.75) is 143 Å². The Hall–Kier alpha value is -6.38. The summed E-state index contributed by atoms with van der Waals surface area (Å²) in [5, 5.41) is 19.4. The molecule has 2 N–H and O–H groups in total. The highest BCUT2D eigenvalue weighted by atomic mass is 19.1. The van der Waals surface area contributed by atoms with Crippen molar-refractivity contribution in [1.29, 1.82) is 0 Å². The maximum atomic E-state index is 14.2. The molecule has 4 unspecified atom stereocenters. The Bertz CT molecular complexity index is 2760. The van der Waals surface area contributed by atoms with Crippen molar-refractivity contribution in [2.75, 3.05) is 52.4 Å². The monoisotopic (exact) mass is 1160 g/mol. The van der Waals surface area contributed by atoms with Crippen LogP contribution in [0.15, 0.2) is 122 Å². The lowest BCUT2D eigenvalue weighted by Crippen LogP contribution is -2.48. The van der Waals surface area contributed by atoms with Crippen molar-refractivity contribution < 1.29 is 47.6 Å². The molecule has 456 valence electrons. The van der Waals surface area contributed by atoms with Crippen molar-refractivity contribution in [1.82, 2.24) is 19.6 Å². The summed E-state index contributed by atoms with van der Waals surface area (Å²) in [5.41, 5.74) is 6.30. The number of rotatable bonds is 24. The summed E-state index contributed by atoms with van der Waals surface area (Å²) in [6, 6.07) is 30.0. The zero-order chi connectivity index (χ0) is 60.5. The molecule has 2 heterocycles. The summed E-state index contributed by atoms with van der Waals surface area (Å²) in [5.74, 6) is -0.160. The van der Waals surface area contributed by atoms with Crippen molar-refractivity contribution >= 4 is 24.1 Å². The van der Waals surface area contributed by atoms with Crippen molar-refractivity contribution in [3.63, 3.8) is 0 Å². The van der Waals surface area contributed by atoms with Crippen molar-refractivity contribution in [3.8, 4) is 0 Å². The molecular formula is C70H94F2N4O8. The van der Waals surface area contributed by atoms with E-state index in [-0.39, 0.29) is 91.0 Å². The molecule has 0 aromatic heterocycles. The number of likely N-dealkylation sites (tertiary alicyclic amines) is 2. The van der Waals surface area contributed by atoms with Crippen molar-refractivity contribution in [3.05, 3.63) is 167 Å². The Labute approximate surface area is 499 Å². The number of carbonyl (C=O) groups is 4. The fourth-order valence-corrected chi connectivity index (χ4v) is 14.1. The number of hydrogen-bond donors (Lipinski definition) is 2. The predicted molar refractivity (Wildman–Crippen MR) is 327 cm³/mol. The summed E-state index contributed by atoms with van der Waals surface area (Å²) < 4.78 is 39.8. The van der Waals surface area contributed by atoms with Crippen LogP contribution in [0.2, 0.25) is 0 Å². The molecule has 84 heavy (non-hydrogen) atoms. The maximum Gasteiger partial charge on any atom is 0.410 e. The van der Waals surface area contributed by atoms with E-state index in [4.69, 9.17) is 9.47 Å². The van der Waals surface area contributed by atoms with Crippen LogP contribution >= 0.6 is 0 Å². The Morgan fingerprint density at radius 1 is 0.619 bits per heavy atom. The standard InChI is InChI=1S/2C35H47FN2O4/c1-5-15-38(35(41)42-23-26-11-9-25(4)10-12-26)31-13-16-37(17-14-31)22-29-18-27(19-32(24(2)3)34(39)40)20-33(29)28-7-6-8-30(36)21-28;1-5-15-38(35(41)42-23-26-11-9-25(4)10-12-26)31-13-16-37(17-14-31)22-29-18-28(32(24(2)3)21-34(39)40)20-33(29)27-7-6-8-30(36)19-27/h5-12,21,24,27,29,31-33H,1,13-20,22-23H2,2-4H3,(H,39,40);5-12,19,24,28-29,31-33H,1,13-18,20-23H2,2-4H3,(H,39,40)/t27?,29-,32?,33-;28?,29-,32?,33-/m11/s1. The largest absolute Gasteiger partial charge is 0.481 e. The van der Waals surface area contributed by atoms with Gasteiger partial charge in [-0.15, -0.1) is 13.2 Å². The molecule has 0 radical (unpaired) electrons. The molecule has 12 nitrogen and oxygen atoms in total. The molecule has 14 heteroatoms. The van der Waals surface area contributed by atoms with Gasteiger partial charge in [-0.3, -0.25) is 9.59 Å². The second kappa shape index (κ2) is 31.7. The van der Waals surface area contributed by atoms with Gasteiger partial charge in [0, 0.05) is 70.9 Å². The summed E-state index contributed by atoms with van der Waals surface area (Å²) in [6.45, 7) is 26.6. The number of carboxylic acids is 2. The number of nitrogens with zero attached hydrogens (tertiary/aromatic N) is 4. The van der Waals surface area contributed by atoms with Crippen molar-refractivity contribution in [2.24, 2.45) is 47.3 Å². The van der Waals surface area contributed by atoms with Crippen LogP contribution in [0.1, 0.15) is 137 Å². The van der Waals surface area contributed by atoms with Crippen LogP contribution in [-0.4, -0.2) is 118 Å². The lowest BCUT2D eigenvalue weighted by Gasteiger charge is -2.39. The molecule has 4 aliphatic rings. The Morgan fingerprint density at radius 2 is 1.06 bits per heavy atom. The topological polar surface area (TPSA) is 140 Å². The van der Waals surface area contributed by atoms with E-state index >= 15 is 0 Å². The predicted octanol–water partition coefficient (Wildman–Crippen LogP) is 14.6. The van der Waals surface area contributed by atoms with E-state index in [1.807, 2.05) is 88.4 Å². The number of aryl methyl sites for hydroxylation is 2. The first kappa shape index (κ1) is 65.2. The summed E-state index contributed by atoms with van der Waals surface area (Å²) >= 11 is 0. The fourth-order valence-electron chi connectivity index (χ4n) is 14.1. The van der Waals surface area contributed by atoms with Gasteiger partial charge in [-0.2, -0.15) is 0 Å². The molecule has 2 aliphatic carbocycles. The molecule has 4 aromatic rings. The van der Waals surface area contributed by atoms with E-state index in [0.717, 1.165) is 113 Å². The van der Waals surface area contributed by atoms with E-state index in [1.165, 1.54) is 23.3 Å². The molecular weight excluding hydrogens is 1060 g/mol.